The van der Waals surface area contributed by atoms with Gasteiger partial charge in [0.2, 0.25) is 5.91 Å². The minimum Gasteiger partial charge on any atom is -0.506 e. The van der Waals surface area contributed by atoms with Gasteiger partial charge >= 0.3 is 5.97 Å². The van der Waals surface area contributed by atoms with E-state index in [0.29, 0.717) is 0 Å². The van der Waals surface area contributed by atoms with E-state index in [1.165, 1.54) is 48.6 Å². The number of primary amides is 1. The number of carboxylic acid groups (broad SMARTS) is 1. The molecule has 352 valence electrons. The molecule has 0 aliphatic carbocycles. The van der Waals surface area contributed by atoms with E-state index < -0.39 is 96.7 Å². The SMILES string of the molecule is CO/C(C)=C1/NC(=O)[C@H]([C@@H](C)O)NC(=O)c2csc(n2)C2C=C(O)C(c3nc(C(N)=O)cs3)=NC2c2csc(n2)[C@H](CO)NC(=O)c2csc(n2)[C@H]([C@H](O)[C@H](O)C(=O)O)CC(=O)c2csc1n2. The summed E-state index contributed by atoms with van der Waals surface area (Å²) in [6.07, 6.45) is -5.22. The van der Waals surface area contributed by atoms with E-state index in [9.17, 15) is 59.4 Å². The van der Waals surface area contributed by atoms with Crippen LogP contribution in [0.3, 0.4) is 0 Å². The van der Waals surface area contributed by atoms with Crippen molar-refractivity contribution in [2.75, 3.05) is 13.7 Å². The number of Topliss-reactive ketones (excluding diaryl/α,β-unsaturated/α-hetero) is 1. The number of hydrogen-bond donors (Lipinski definition) is 10. The van der Waals surface area contributed by atoms with E-state index in [-0.39, 0.29) is 76.4 Å². The normalized spacial score (nSPS) is 22.8. The van der Waals surface area contributed by atoms with Gasteiger partial charge in [-0.3, -0.25) is 29.0 Å². The van der Waals surface area contributed by atoms with E-state index >= 15 is 0 Å². The summed E-state index contributed by atoms with van der Waals surface area (Å²) >= 11 is 4.71. The molecule has 23 nitrogen and oxygen atoms in total. The number of nitrogens with two attached hydrogens (primary N) is 1. The van der Waals surface area contributed by atoms with Crippen LogP contribution in [0, 0.1) is 0 Å². The van der Waals surface area contributed by atoms with Crippen LogP contribution in [-0.2, 0) is 14.3 Å². The maximum absolute atomic E-state index is 13.9. The number of methoxy groups -OCH3 is 1. The van der Waals surface area contributed by atoms with Crippen LogP contribution in [0.2, 0.25) is 0 Å². The van der Waals surface area contributed by atoms with Crippen molar-refractivity contribution in [3.8, 4) is 0 Å². The number of aliphatic carboxylic acids is 1. The highest BCUT2D eigenvalue weighted by Gasteiger charge is 2.39. The third-order valence-electron chi connectivity index (χ3n) is 10.2. The quantitative estimate of drug-likeness (QED) is 0.0982. The number of nitrogens with one attached hydrogen (secondary N) is 3. The first kappa shape index (κ1) is 48.7. The molecule has 7 rings (SSSR count). The molecule has 8 bridgehead atoms. The fourth-order valence-electron chi connectivity index (χ4n) is 6.62. The number of aliphatic hydroxyl groups excluding tert-OH is 5. The number of carbonyl (C=O) groups is 6. The molecule has 2 unspecified atom stereocenters. The Morgan fingerprint density at radius 3 is 2.13 bits per heavy atom. The average molecular weight is 1020 g/mol. The second-order valence-electron chi connectivity index (χ2n) is 14.7. The van der Waals surface area contributed by atoms with E-state index in [2.05, 4.69) is 35.9 Å². The van der Waals surface area contributed by atoms with E-state index in [0.717, 1.165) is 56.7 Å². The molecule has 0 saturated heterocycles. The lowest BCUT2D eigenvalue weighted by atomic mass is 9.92. The predicted octanol–water partition coefficient (Wildman–Crippen LogP) is 1.41. The Morgan fingerprint density at radius 1 is 0.851 bits per heavy atom. The third kappa shape index (κ3) is 10.4. The van der Waals surface area contributed by atoms with Gasteiger partial charge in [0.05, 0.1) is 36.4 Å². The lowest BCUT2D eigenvalue weighted by Gasteiger charge is -2.24. The van der Waals surface area contributed by atoms with Gasteiger partial charge in [0.15, 0.2) is 11.9 Å². The summed E-state index contributed by atoms with van der Waals surface area (Å²) in [5.74, 6) is -8.64. The zero-order chi connectivity index (χ0) is 48.4. The molecule has 67 heavy (non-hydrogen) atoms. The third-order valence-corrected chi connectivity index (χ3v) is 14.9. The van der Waals surface area contributed by atoms with Crippen molar-refractivity contribution in [2.24, 2.45) is 10.7 Å². The van der Waals surface area contributed by atoms with Gasteiger partial charge in [-0.2, -0.15) is 0 Å². The number of carboxylic acids is 1. The second-order valence-corrected chi connectivity index (χ2v) is 19.1. The Labute approximate surface area is 397 Å². The fourth-order valence-corrected chi connectivity index (χ4v) is 11.0. The minimum atomic E-state index is -2.38. The zero-order valence-electron chi connectivity index (χ0n) is 34.8. The van der Waals surface area contributed by atoms with Crippen LogP contribution in [0.5, 0.6) is 0 Å². The molecule has 0 radical (unpaired) electrons. The molecule has 8 atom stereocenters. The molecular weight excluding hydrogens is 977 g/mol. The molecule has 2 aliphatic rings. The Kier molecular flexibility index (Phi) is 14.8. The van der Waals surface area contributed by atoms with Gasteiger partial charge in [0, 0.05) is 39.2 Å². The smallest absolute Gasteiger partial charge is 0.335 e. The van der Waals surface area contributed by atoms with Crippen LogP contribution in [0.25, 0.3) is 5.70 Å². The highest BCUT2D eigenvalue weighted by atomic mass is 32.1. The van der Waals surface area contributed by atoms with Gasteiger partial charge in [-0.15, -0.1) is 56.7 Å². The number of amides is 4. The number of nitrogens with zero attached hydrogens (tertiary/aromatic N) is 6. The van der Waals surface area contributed by atoms with Gasteiger partial charge in [-0.1, -0.05) is 0 Å². The van der Waals surface area contributed by atoms with E-state index in [4.69, 9.17) is 20.4 Å². The Balaban J connectivity index is 1.32. The molecule has 0 saturated carbocycles. The molecule has 5 aromatic rings. The van der Waals surface area contributed by atoms with Crippen LogP contribution < -0.4 is 21.7 Å². The number of dihydropyridines is 1. The summed E-state index contributed by atoms with van der Waals surface area (Å²) in [6.45, 7) is 2.07. The first-order chi connectivity index (χ1) is 31.9. The van der Waals surface area contributed by atoms with Crippen molar-refractivity contribution in [3.63, 3.8) is 0 Å². The number of aliphatic imine (C=N–C) groups is 1. The van der Waals surface area contributed by atoms with Gasteiger partial charge in [0.1, 0.15) is 90.0 Å². The predicted molar refractivity (Wildman–Crippen MR) is 241 cm³/mol. The largest absolute Gasteiger partial charge is 0.506 e. The number of allylic oxidation sites excluding steroid dienone is 2. The number of ketones is 1. The number of fused-ring (bicyclic) bond motifs is 11. The molecule has 11 N–H and O–H groups in total. The van der Waals surface area contributed by atoms with Crippen molar-refractivity contribution < 1.29 is 64.1 Å². The minimum absolute atomic E-state index is 0.0216. The van der Waals surface area contributed by atoms with Crippen molar-refractivity contribution >= 4 is 103 Å². The maximum Gasteiger partial charge on any atom is 0.335 e. The Bertz CT molecular complexity index is 2840. The van der Waals surface area contributed by atoms with Crippen molar-refractivity contribution in [1.82, 2.24) is 40.9 Å². The molecule has 0 aromatic carbocycles. The zero-order valence-corrected chi connectivity index (χ0v) is 38.9. The first-order valence-corrected chi connectivity index (χ1v) is 23.9. The number of carbonyl (C=O) groups excluding carboxylic acids is 5. The van der Waals surface area contributed by atoms with Crippen LogP contribution in [0.4, 0.5) is 0 Å². The fraction of sp³-hybridized carbons (Fsp3) is 0.333. The van der Waals surface area contributed by atoms with Crippen LogP contribution in [-0.4, -0.2) is 135 Å². The lowest BCUT2D eigenvalue weighted by molar-refractivity contribution is -0.153. The number of hydrogen-bond acceptors (Lipinski definition) is 23. The molecular formula is C39H38N10O13S5. The van der Waals surface area contributed by atoms with Gasteiger partial charge in [0.25, 0.3) is 17.7 Å². The summed E-state index contributed by atoms with van der Waals surface area (Å²) in [6, 6.07) is -3.75. The molecule has 28 heteroatoms. The maximum atomic E-state index is 13.9. The Hall–Kier alpha value is -6.24. The standard InChI is InChI=1S/C39H38N10O13S5/c1-12(51)24-33(59)49-25(13(2)62-3)37-42-17(7-66-37)22(52)5-15(28(54)29(55)39(60)61)35-46-20(10-64-35)31(57)41-16(6-50)36-43-18(8-65-36)26-14(34-45-21(11-63-34)32(58)48-24)4-23(53)27(47-26)38-44-19(9-67-38)30(40)56/h4,7-12,14-16,24,26,28-29,50-51,53-55H,5-6H2,1-3H3,(H2,40,56)(H,41,57)(H,48,58)(H,49,59)(H,60,61)/b25-13+/t12-,14?,15+,16+,24+,26?,28+,29+/m1/s1. The van der Waals surface area contributed by atoms with Gasteiger partial charge < -0.3 is 57.1 Å². The van der Waals surface area contributed by atoms with Gasteiger partial charge in [-0.25, -0.2) is 29.7 Å². The number of ether oxygens (including phenoxy) is 1. The molecule has 0 spiro atoms. The van der Waals surface area contributed by atoms with Crippen LogP contribution in [0.15, 0.2) is 49.5 Å². The van der Waals surface area contributed by atoms with Crippen molar-refractivity contribution in [1.29, 1.82) is 0 Å². The highest BCUT2D eigenvalue weighted by Crippen LogP contribution is 2.42. The molecule has 2 aliphatic heterocycles. The summed E-state index contributed by atoms with van der Waals surface area (Å²) in [7, 11) is 1.30. The average Bonchev–Trinajstić information content (AvgIpc) is 4.16. The second kappa shape index (κ2) is 20.3. The summed E-state index contributed by atoms with van der Waals surface area (Å²) in [5, 5.41) is 78.8. The molecule has 4 amide bonds. The van der Waals surface area contributed by atoms with E-state index in [1.54, 1.807) is 5.38 Å². The monoisotopic (exact) mass is 1010 g/mol. The van der Waals surface area contributed by atoms with Crippen molar-refractivity contribution in [2.45, 2.75) is 68.5 Å². The number of aromatic nitrogens is 5. The first-order valence-electron chi connectivity index (χ1n) is 19.5. The molecule has 5 aromatic heterocycles. The molecule has 0 fully saturated rings. The summed E-state index contributed by atoms with van der Waals surface area (Å²) in [4.78, 5) is 106. The lowest BCUT2D eigenvalue weighted by Crippen LogP contribution is -2.52. The Morgan fingerprint density at radius 2 is 1.49 bits per heavy atom. The highest BCUT2D eigenvalue weighted by molar-refractivity contribution is 7.12. The summed E-state index contributed by atoms with van der Waals surface area (Å²) < 4.78 is 5.39. The van der Waals surface area contributed by atoms with Crippen LogP contribution >= 0.6 is 56.7 Å². The van der Waals surface area contributed by atoms with Crippen molar-refractivity contribution in [3.05, 3.63) is 98.0 Å². The number of thiazole rings is 5. The van der Waals surface area contributed by atoms with Crippen LogP contribution in [0.1, 0.15) is 117 Å². The number of aliphatic hydroxyl groups is 5. The molecule has 7 heterocycles. The topological polar surface area (TPSA) is 372 Å². The number of rotatable bonds is 8. The van der Waals surface area contributed by atoms with E-state index in [1.807, 2.05) is 0 Å². The van der Waals surface area contributed by atoms with Gasteiger partial charge in [-0.05, 0) is 19.9 Å². The summed E-state index contributed by atoms with van der Waals surface area (Å²) in [5.41, 5.74) is 4.92.